The van der Waals surface area contributed by atoms with Gasteiger partial charge in [0.15, 0.2) is 0 Å². The number of hydrogen-bond donors (Lipinski definition) is 1. The predicted octanol–water partition coefficient (Wildman–Crippen LogP) is 6.65. The van der Waals surface area contributed by atoms with Crippen molar-refractivity contribution in [3.05, 3.63) is 65.2 Å². The lowest BCUT2D eigenvalue weighted by atomic mass is 9.76. The molecule has 1 unspecified atom stereocenters. The minimum atomic E-state index is 0.130. The van der Waals surface area contributed by atoms with Gasteiger partial charge in [-0.25, -0.2) is 0 Å². The van der Waals surface area contributed by atoms with E-state index >= 15 is 0 Å². The third-order valence-electron chi connectivity index (χ3n) is 5.87. The van der Waals surface area contributed by atoms with Gasteiger partial charge in [-0.05, 0) is 73.9 Å². The van der Waals surface area contributed by atoms with Crippen molar-refractivity contribution in [2.75, 3.05) is 30.4 Å². The number of nitrogens with one attached hydrogen (secondary N) is 1. The molecule has 2 aromatic rings. The fraction of sp³-hybridized carbons (Fsp3) is 0.440. The fourth-order valence-corrected chi connectivity index (χ4v) is 3.75. The zero-order chi connectivity index (χ0) is 19.9. The van der Waals surface area contributed by atoms with E-state index in [-0.39, 0.29) is 5.41 Å². The van der Waals surface area contributed by atoms with E-state index in [9.17, 15) is 0 Å². The van der Waals surface area contributed by atoms with Gasteiger partial charge in [-0.15, -0.1) is 0 Å². The van der Waals surface area contributed by atoms with Crippen molar-refractivity contribution in [3.63, 3.8) is 0 Å². The van der Waals surface area contributed by atoms with E-state index in [4.69, 9.17) is 0 Å². The van der Waals surface area contributed by atoms with Gasteiger partial charge in [-0.3, -0.25) is 0 Å². The van der Waals surface area contributed by atoms with Crippen LogP contribution in [0.3, 0.4) is 0 Å². The highest BCUT2D eigenvalue weighted by Crippen LogP contribution is 2.36. The molecule has 27 heavy (non-hydrogen) atoms. The van der Waals surface area contributed by atoms with Crippen molar-refractivity contribution in [2.24, 2.45) is 0 Å². The molecule has 0 saturated carbocycles. The van der Waals surface area contributed by atoms with Crippen LogP contribution in [0.4, 0.5) is 11.4 Å². The van der Waals surface area contributed by atoms with Gasteiger partial charge in [-0.1, -0.05) is 50.3 Å². The second kappa shape index (κ2) is 9.64. The van der Waals surface area contributed by atoms with Crippen LogP contribution in [-0.4, -0.2) is 20.1 Å². The van der Waals surface area contributed by atoms with Gasteiger partial charge in [0.25, 0.3) is 0 Å². The quantitative estimate of drug-likeness (QED) is 0.535. The third-order valence-corrected chi connectivity index (χ3v) is 5.87. The molecule has 2 rings (SSSR count). The van der Waals surface area contributed by atoms with Crippen molar-refractivity contribution in [2.45, 2.75) is 52.9 Å². The molecule has 0 aliphatic rings. The zero-order valence-corrected chi connectivity index (χ0v) is 18.0. The number of anilines is 2. The van der Waals surface area contributed by atoms with E-state index in [1.165, 1.54) is 28.1 Å². The summed E-state index contributed by atoms with van der Waals surface area (Å²) < 4.78 is 0. The Balaban J connectivity index is 2.20. The summed E-state index contributed by atoms with van der Waals surface area (Å²) in [5, 5.41) is 3.35. The van der Waals surface area contributed by atoms with Crippen LogP contribution in [0.1, 0.15) is 57.2 Å². The average molecular weight is 365 g/mol. The highest BCUT2D eigenvalue weighted by molar-refractivity contribution is 5.61. The SMILES string of the molecule is CCN(CC)c1ccc(/C=C/CC(C)(CC)c2ccccc2NC)c(C)c1. The van der Waals surface area contributed by atoms with Crippen molar-refractivity contribution >= 4 is 17.5 Å². The van der Waals surface area contributed by atoms with Crippen molar-refractivity contribution in [1.29, 1.82) is 0 Å². The number of benzene rings is 2. The highest BCUT2D eigenvalue weighted by atomic mass is 15.1. The minimum absolute atomic E-state index is 0.130. The van der Waals surface area contributed by atoms with Crippen molar-refractivity contribution in [1.82, 2.24) is 0 Å². The Morgan fingerprint density at radius 1 is 1.04 bits per heavy atom. The number of para-hydroxylation sites is 1. The van der Waals surface area contributed by atoms with Crippen LogP contribution in [0.15, 0.2) is 48.5 Å². The fourth-order valence-electron chi connectivity index (χ4n) is 3.75. The van der Waals surface area contributed by atoms with Crippen LogP contribution in [0, 0.1) is 6.92 Å². The van der Waals surface area contributed by atoms with Gasteiger partial charge in [0.2, 0.25) is 0 Å². The molecule has 1 atom stereocenters. The molecule has 0 spiro atoms. The summed E-state index contributed by atoms with van der Waals surface area (Å²) in [4.78, 5) is 2.39. The second-order valence-electron chi connectivity index (χ2n) is 7.53. The molecule has 0 aliphatic heterocycles. The van der Waals surface area contributed by atoms with Crippen LogP contribution < -0.4 is 10.2 Å². The van der Waals surface area contributed by atoms with Gasteiger partial charge >= 0.3 is 0 Å². The Morgan fingerprint density at radius 2 is 1.74 bits per heavy atom. The Bertz CT molecular complexity index is 759. The number of allylic oxidation sites excluding steroid dienone is 1. The first-order chi connectivity index (χ1) is 13.0. The van der Waals surface area contributed by atoms with Crippen LogP contribution in [0.5, 0.6) is 0 Å². The van der Waals surface area contributed by atoms with Gasteiger partial charge < -0.3 is 10.2 Å². The summed E-state index contributed by atoms with van der Waals surface area (Å²) in [6.07, 6.45) is 6.77. The Kier molecular flexibility index (Phi) is 7.53. The van der Waals surface area contributed by atoms with E-state index in [2.05, 4.69) is 99.5 Å². The standard InChI is InChI=1S/C25H36N2/c1-7-25(5,23-14-10-11-15-24(23)26-6)18-12-13-21-16-17-22(19-20(21)4)27(8-2)9-3/h10-17,19,26H,7-9,18H2,1-6H3/b13-12+. The maximum absolute atomic E-state index is 3.35. The molecule has 0 aromatic heterocycles. The molecular weight excluding hydrogens is 328 g/mol. The van der Waals surface area contributed by atoms with Crippen LogP contribution >= 0.6 is 0 Å². The summed E-state index contributed by atoms with van der Waals surface area (Å²) in [6, 6.07) is 15.5. The lowest BCUT2D eigenvalue weighted by Gasteiger charge is -2.30. The second-order valence-corrected chi connectivity index (χ2v) is 7.53. The van der Waals surface area contributed by atoms with Crippen molar-refractivity contribution in [3.8, 4) is 0 Å². The van der Waals surface area contributed by atoms with Crippen LogP contribution in [-0.2, 0) is 5.41 Å². The molecule has 2 heteroatoms. The lowest BCUT2D eigenvalue weighted by molar-refractivity contribution is 0.463. The van der Waals surface area contributed by atoms with Crippen LogP contribution in [0.2, 0.25) is 0 Å². The van der Waals surface area contributed by atoms with Gasteiger partial charge in [0.05, 0.1) is 0 Å². The normalized spacial score (nSPS) is 13.6. The molecular formula is C25H36N2. The number of aryl methyl sites for hydroxylation is 1. The molecule has 0 heterocycles. The van der Waals surface area contributed by atoms with Gasteiger partial charge in [-0.2, -0.15) is 0 Å². The smallest absolute Gasteiger partial charge is 0.0375 e. The predicted molar refractivity (Wildman–Crippen MR) is 122 cm³/mol. The molecule has 0 amide bonds. The molecule has 0 aliphatic carbocycles. The molecule has 0 bridgehead atoms. The van der Waals surface area contributed by atoms with E-state index in [1.807, 2.05) is 7.05 Å². The maximum atomic E-state index is 3.35. The number of nitrogens with zero attached hydrogens (tertiary/aromatic N) is 1. The molecule has 0 saturated heterocycles. The first-order valence-corrected chi connectivity index (χ1v) is 10.3. The average Bonchev–Trinajstić information content (AvgIpc) is 2.70. The molecule has 0 fully saturated rings. The summed E-state index contributed by atoms with van der Waals surface area (Å²) >= 11 is 0. The summed E-state index contributed by atoms with van der Waals surface area (Å²) in [5.74, 6) is 0. The minimum Gasteiger partial charge on any atom is -0.388 e. The Hall–Kier alpha value is -2.22. The first-order valence-electron chi connectivity index (χ1n) is 10.3. The Morgan fingerprint density at radius 3 is 2.33 bits per heavy atom. The molecule has 146 valence electrons. The molecule has 1 N–H and O–H groups in total. The van der Waals surface area contributed by atoms with Crippen molar-refractivity contribution < 1.29 is 0 Å². The number of hydrogen-bond acceptors (Lipinski definition) is 2. The molecule has 2 nitrogen and oxygen atoms in total. The lowest BCUT2D eigenvalue weighted by Crippen LogP contribution is -2.21. The van der Waals surface area contributed by atoms with E-state index in [0.29, 0.717) is 0 Å². The molecule has 2 aromatic carbocycles. The summed E-state index contributed by atoms with van der Waals surface area (Å²) in [7, 11) is 2.01. The van der Waals surface area contributed by atoms with Crippen LogP contribution in [0.25, 0.3) is 6.08 Å². The maximum Gasteiger partial charge on any atom is 0.0375 e. The van der Waals surface area contributed by atoms with Gasteiger partial charge in [0.1, 0.15) is 0 Å². The monoisotopic (exact) mass is 364 g/mol. The summed E-state index contributed by atoms with van der Waals surface area (Å²) in [5.41, 5.74) is 6.72. The third kappa shape index (κ3) is 4.94. The summed E-state index contributed by atoms with van der Waals surface area (Å²) in [6.45, 7) is 13.4. The van der Waals surface area contributed by atoms with Gasteiger partial charge in [0, 0.05) is 31.5 Å². The molecule has 0 radical (unpaired) electrons. The highest BCUT2D eigenvalue weighted by Gasteiger charge is 2.25. The van der Waals surface area contributed by atoms with E-state index in [0.717, 1.165) is 25.9 Å². The Labute approximate surface area is 166 Å². The number of rotatable bonds is 9. The van der Waals surface area contributed by atoms with E-state index in [1.54, 1.807) is 0 Å². The largest absolute Gasteiger partial charge is 0.388 e. The topological polar surface area (TPSA) is 15.3 Å². The van der Waals surface area contributed by atoms with E-state index < -0.39 is 0 Å². The zero-order valence-electron chi connectivity index (χ0n) is 18.0. The first kappa shape index (κ1) is 21.1.